The summed E-state index contributed by atoms with van der Waals surface area (Å²) in [5, 5.41) is 10.2. The molecule has 3 aromatic carbocycles. The Labute approximate surface area is 188 Å². The van der Waals surface area contributed by atoms with Gasteiger partial charge in [0, 0.05) is 20.5 Å². The summed E-state index contributed by atoms with van der Waals surface area (Å²) in [5.41, 5.74) is 0.919. The maximum Gasteiger partial charge on any atom is 0.338 e. The van der Waals surface area contributed by atoms with Gasteiger partial charge >= 0.3 is 5.97 Å². The van der Waals surface area contributed by atoms with E-state index >= 15 is 0 Å². The summed E-state index contributed by atoms with van der Waals surface area (Å²) in [6, 6.07) is 26.9. The van der Waals surface area contributed by atoms with Crippen molar-refractivity contribution in [1.29, 1.82) is 5.26 Å². The van der Waals surface area contributed by atoms with Gasteiger partial charge in [-0.2, -0.15) is 5.26 Å². The molecule has 7 heteroatoms. The molecule has 3 aromatic rings. The minimum Gasteiger partial charge on any atom is -0.462 e. The quantitative estimate of drug-likeness (QED) is 0.486. The number of esters is 1. The SMILES string of the molecule is CN(C)S(=O)(=O)c1ccc(C(=O)OCCC(C#N)(c2ccccc2)c2ccccc2)cc1. The van der Waals surface area contributed by atoms with Gasteiger partial charge in [-0.3, -0.25) is 0 Å². The molecule has 0 atom stereocenters. The predicted molar refractivity (Wildman–Crippen MR) is 121 cm³/mol. The van der Waals surface area contributed by atoms with Crippen LogP contribution in [0.4, 0.5) is 0 Å². The Bertz CT molecular complexity index is 1160. The molecule has 0 bridgehead atoms. The van der Waals surface area contributed by atoms with Crippen LogP contribution in [0.25, 0.3) is 0 Å². The molecule has 0 fully saturated rings. The fraction of sp³-hybridized carbons (Fsp3) is 0.200. The molecule has 0 amide bonds. The first-order valence-electron chi connectivity index (χ1n) is 10.0. The van der Waals surface area contributed by atoms with E-state index in [1.807, 2.05) is 60.7 Å². The molecule has 0 aliphatic heterocycles. The van der Waals surface area contributed by atoms with Crippen molar-refractivity contribution in [2.24, 2.45) is 0 Å². The van der Waals surface area contributed by atoms with Gasteiger partial charge in [0.1, 0.15) is 5.41 Å². The molecule has 0 radical (unpaired) electrons. The Kier molecular flexibility index (Phi) is 7.08. The van der Waals surface area contributed by atoms with Crippen molar-refractivity contribution < 1.29 is 17.9 Å². The lowest BCUT2D eigenvalue weighted by Gasteiger charge is -2.27. The van der Waals surface area contributed by atoms with E-state index in [0.29, 0.717) is 0 Å². The van der Waals surface area contributed by atoms with E-state index < -0.39 is 21.4 Å². The largest absolute Gasteiger partial charge is 0.462 e. The highest BCUT2D eigenvalue weighted by Crippen LogP contribution is 2.35. The average molecular weight is 449 g/mol. The second-order valence-electron chi connectivity index (χ2n) is 7.45. The maximum absolute atomic E-state index is 12.5. The zero-order valence-corrected chi connectivity index (χ0v) is 18.7. The summed E-state index contributed by atoms with van der Waals surface area (Å²) in [5.74, 6) is -0.577. The Morgan fingerprint density at radius 1 is 0.906 bits per heavy atom. The van der Waals surface area contributed by atoms with E-state index in [0.717, 1.165) is 15.4 Å². The molecule has 0 unspecified atom stereocenters. The molecular formula is C25H24N2O4S. The summed E-state index contributed by atoms with van der Waals surface area (Å²) in [7, 11) is -0.689. The summed E-state index contributed by atoms with van der Waals surface area (Å²) >= 11 is 0. The predicted octanol–water partition coefficient (Wildman–Crippen LogP) is 3.99. The van der Waals surface area contributed by atoms with Gasteiger partial charge in [-0.1, -0.05) is 60.7 Å². The third-order valence-corrected chi connectivity index (χ3v) is 7.13. The summed E-state index contributed by atoms with van der Waals surface area (Å²) < 4.78 is 30.9. The first-order valence-corrected chi connectivity index (χ1v) is 11.5. The summed E-state index contributed by atoms with van der Waals surface area (Å²) in [4.78, 5) is 12.6. The molecule has 32 heavy (non-hydrogen) atoms. The van der Waals surface area contributed by atoms with Gasteiger partial charge < -0.3 is 4.74 Å². The van der Waals surface area contributed by atoms with Crippen LogP contribution < -0.4 is 0 Å². The van der Waals surface area contributed by atoms with Crippen LogP contribution in [0.15, 0.2) is 89.8 Å². The lowest BCUT2D eigenvalue weighted by molar-refractivity contribution is 0.0488. The van der Waals surface area contributed by atoms with Gasteiger partial charge in [-0.15, -0.1) is 0 Å². The third kappa shape index (κ3) is 4.72. The van der Waals surface area contributed by atoms with Crippen LogP contribution >= 0.6 is 0 Å². The van der Waals surface area contributed by atoms with Gasteiger partial charge in [-0.25, -0.2) is 17.5 Å². The number of rotatable bonds is 8. The molecule has 0 spiro atoms. The van der Waals surface area contributed by atoms with Gasteiger partial charge in [-0.05, 0) is 35.4 Å². The third-order valence-electron chi connectivity index (χ3n) is 5.30. The summed E-state index contributed by atoms with van der Waals surface area (Å²) in [6.45, 7) is 0.0218. The highest BCUT2D eigenvalue weighted by Gasteiger charge is 2.34. The van der Waals surface area contributed by atoms with Crippen molar-refractivity contribution in [1.82, 2.24) is 4.31 Å². The van der Waals surface area contributed by atoms with Gasteiger partial charge in [0.2, 0.25) is 10.0 Å². The molecule has 0 saturated carbocycles. The van der Waals surface area contributed by atoms with Gasteiger partial charge in [0.15, 0.2) is 0 Å². The molecule has 0 aromatic heterocycles. The molecule has 0 aliphatic rings. The number of hydrogen-bond acceptors (Lipinski definition) is 5. The standard InChI is InChI=1S/C25H24N2O4S/c1-27(2)32(29,30)23-15-13-20(14-16-23)24(28)31-18-17-25(19-26,21-9-5-3-6-10-21)22-11-7-4-8-12-22/h3-16H,17-18H2,1-2H3. The van der Waals surface area contributed by atoms with Gasteiger partial charge in [0.25, 0.3) is 0 Å². The second kappa shape index (κ2) is 9.77. The minimum atomic E-state index is -3.58. The fourth-order valence-electron chi connectivity index (χ4n) is 3.44. The summed E-state index contributed by atoms with van der Waals surface area (Å²) in [6.07, 6.45) is 0.274. The average Bonchev–Trinajstić information content (AvgIpc) is 2.83. The van der Waals surface area contributed by atoms with E-state index in [1.165, 1.54) is 38.4 Å². The zero-order valence-electron chi connectivity index (χ0n) is 17.9. The van der Waals surface area contributed by atoms with Gasteiger partial charge in [0.05, 0.1) is 23.1 Å². The topological polar surface area (TPSA) is 87.5 Å². The Morgan fingerprint density at radius 3 is 1.84 bits per heavy atom. The number of carbonyl (C=O) groups excluding carboxylic acids is 1. The molecule has 0 saturated heterocycles. The molecular weight excluding hydrogens is 424 g/mol. The van der Waals surface area contributed by atoms with Crippen LogP contribution in [0.3, 0.4) is 0 Å². The van der Waals surface area contributed by atoms with E-state index in [-0.39, 0.29) is 23.5 Å². The minimum absolute atomic E-state index is 0.0218. The van der Waals surface area contributed by atoms with Crippen molar-refractivity contribution >= 4 is 16.0 Å². The number of benzene rings is 3. The molecule has 6 nitrogen and oxygen atoms in total. The Balaban J connectivity index is 1.77. The number of carbonyl (C=O) groups is 1. The lowest BCUT2D eigenvalue weighted by Crippen LogP contribution is -2.28. The molecule has 0 heterocycles. The second-order valence-corrected chi connectivity index (χ2v) is 9.60. The molecule has 3 rings (SSSR count). The highest BCUT2D eigenvalue weighted by atomic mass is 32.2. The number of sulfonamides is 1. The highest BCUT2D eigenvalue weighted by molar-refractivity contribution is 7.89. The first kappa shape index (κ1) is 23.2. The normalized spacial score (nSPS) is 11.7. The van der Waals surface area contributed by atoms with Crippen LogP contribution in [0.2, 0.25) is 0 Å². The van der Waals surface area contributed by atoms with Crippen molar-refractivity contribution in [3.05, 3.63) is 102 Å². The van der Waals surface area contributed by atoms with E-state index in [9.17, 15) is 18.5 Å². The van der Waals surface area contributed by atoms with E-state index in [2.05, 4.69) is 6.07 Å². The lowest BCUT2D eigenvalue weighted by atomic mass is 9.73. The number of nitriles is 1. The van der Waals surface area contributed by atoms with E-state index in [1.54, 1.807) is 0 Å². The van der Waals surface area contributed by atoms with Crippen LogP contribution in [-0.2, 0) is 20.2 Å². The van der Waals surface area contributed by atoms with Crippen molar-refractivity contribution in [3.63, 3.8) is 0 Å². The first-order chi connectivity index (χ1) is 15.3. The fourth-order valence-corrected chi connectivity index (χ4v) is 4.34. The maximum atomic E-state index is 12.5. The zero-order chi connectivity index (χ0) is 23.2. The van der Waals surface area contributed by atoms with Crippen LogP contribution in [0, 0.1) is 11.3 Å². The number of nitrogens with zero attached hydrogens (tertiary/aromatic N) is 2. The van der Waals surface area contributed by atoms with Crippen molar-refractivity contribution in [2.75, 3.05) is 20.7 Å². The van der Waals surface area contributed by atoms with Crippen molar-refractivity contribution in [3.8, 4) is 6.07 Å². The molecule has 0 N–H and O–H groups in total. The number of hydrogen-bond donors (Lipinski definition) is 0. The van der Waals surface area contributed by atoms with Crippen molar-refractivity contribution in [2.45, 2.75) is 16.7 Å². The van der Waals surface area contributed by atoms with Crippen LogP contribution in [0.1, 0.15) is 27.9 Å². The molecule has 164 valence electrons. The van der Waals surface area contributed by atoms with Crippen LogP contribution in [0.5, 0.6) is 0 Å². The van der Waals surface area contributed by atoms with E-state index in [4.69, 9.17) is 4.74 Å². The smallest absolute Gasteiger partial charge is 0.338 e. The van der Waals surface area contributed by atoms with Crippen LogP contribution in [-0.4, -0.2) is 39.4 Å². The number of ether oxygens (including phenoxy) is 1. The molecule has 0 aliphatic carbocycles. The Hall–Kier alpha value is -3.47. The monoisotopic (exact) mass is 448 g/mol. The Morgan fingerprint density at radius 2 is 1.41 bits per heavy atom.